The van der Waals surface area contributed by atoms with Crippen LogP contribution >= 0.6 is 39.1 Å². The minimum Gasteiger partial charge on any atom is -0.306 e. The van der Waals surface area contributed by atoms with Crippen LogP contribution in [0.5, 0.6) is 0 Å². The second kappa shape index (κ2) is 6.90. The summed E-state index contributed by atoms with van der Waals surface area (Å²) in [6.45, 7) is 2.65. The second-order valence-electron chi connectivity index (χ2n) is 4.29. The first-order chi connectivity index (χ1) is 9.54. The Kier molecular flexibility index (Phi) is 5.44. The Morgan fingerprint density at radius 3 is 2.60 bits per heavy atom. The lowest BCUT2D eigenvalue weighted by Crippen LogP contribution is -2.23. The number of hydrogen-bond acceptors (Lipinski definition) is 1. The van der Waals surface area contributed by atoms with E-state index in [9.17, 15) is 4.39 Å². The maximum Gasteiger partial charge on any atom is 0.129 e. The molecule has 20 heavy (non-hydrogen) atoms. The van der Waals surface area contributed by atoms with Crippen LogP contribution in [0.4, 0.5) is 4.39 Å². The van der Waals surface area contributed by atoms with Crippen LogP contribution in [-0.4, -0.2) is 6.54 Å². The molecule has 0 aliphatic carbocycles. The van der Waals surface area contributed by atoms with Gasteiger partial charge in [-0.05, 0) is 36.4 Å². The fraction of sp³-hybridized carbons (Fsp3) is 0.200. The number of hydrogen-bond donors (Lipinski definition) is 1. The standard InChI is InChI=1S/C15H13BrCl2FN/c1-2-20-15(10-7-6-9(17)8-12(10)18)14-11(16)4-3-5-13(14)19/h3-8,15,20H,2H2,1H3. The fourth-order valence-corrected chi connectivity index (χ4v) is 3.18. The van der Waals surface area contributed by atoms with Crippen LogP contribution in [0, 0.1) is 5.82 Å². The van der Waals surface area contributed by atoms with E-state index in [1.54, 1.807) is 18.2 Å². The predicted octanol–water partition coefficient (Wildman–Crippen LogP) is 5.59. The molecule has 0 amide bonds. The number of benzene rings is 2. The lowest BCUT2D eigenvalue weighted by molar-refractivity contribution is 0.557. The Morgan fingerprint density at radius 1 is 1.25 bits per heavy atom. The lowest BCUT2D eigenvalue weighted by Gasteiger charge is -2.22. The van der Waals surface area contributed by atoms with Crippen molar-refractivity contribution in [1.29, 1.82) is 0 Å². The Bertz CT molecular complexity index is 599. The van der Waals surface area contributed by atoms with Crippen molar-refractivity contribution in [2.24, 2.45) is 0 Å². The molecule has 5 heteroatoms. The highest BCUT2D eigenvalue weighted by Gasteiger charge is 2.22. The van der Waals surface area contributed by atoms with Crippen LogP contribution in [0.2, 0.25) is 10.0 Å². The predicted molar refractivity (Wildman–Crippen MR) is 86.1 cm³/mol. The number of rotatable bonds is 4. The third-order valence-electron chi connectivity index (χ3n) is 2.97. The first-order valence-corrected chi connectivity index (χ1v) is 7.71. The number of halogens is 4. The lowest BCUT2D eigenvalue weighted by atomic mass is 9.98. The van der Waals surface area contributed by atoms with Crippen LogP contribution in [0.3, 0.4) is 0 Å². The molecule has 0 saturated heterocycles. The maximum atomic E-state index is 14.2. The summed E-state index contributed by atoms with van der Waals surface area (Å²) in [6.07, 6.45) is 0. The molecule has 0 fully saturated rings. The highest BCUT2D eigenvalue weighted by atomic mass is 79.9. The molecule has 1 atom stereocenters. The molecule has 0 aliphatic rings. The van der Waals surface area contributed by atoms with E-state index in [1.807, 2.05) is 19.1 Å². The average molecular weight is 377 g/mol. The largest absolute Gasteiger partial charge is 0.306 e. The van der Waals surface area contributed by atoms with Crippen LogP contribution in [-0.2, 0) is 0 Å². The third kappa shape index (κ3) is 3.34. The summed E-state index contributed by atoms with van der Waals surface area (Å²) in [4.78, 5) is 0. The molecule has 2 rings (SSSR count). The van der Waals surface area contributed by atoms with Crippen molar-refractivity contribution in [3.05, 3.63) is 67.9 Å². The van der Waals surface area contributed by atoms with Gasteiger partial charge in [-0.2, -0.15) is 0 Å². The summed E-state index contributed by atoms with van der Waals surface area (Å²) < 4.78 is 14.9. The maximum absolute atomic E-state index is 14.2. The molecule has 2 aromatic rings. The molecule has 1 N–H and O–H groups in total. The van der Waals surface area contributed by atoms with Crippen LogP contribution in [0.25, 0.3) is 0 Å². The van der Waals surface area contributed by atoms with E-state index < -0.39 is 0 Å². The summed E-state index contributed by atoms with van der Waals surface area (Å²) in [5, 5.41) is 4.33. The van der Waals surface area contributed by atoms with Gasteiger partial charge in [0.15, 0.2) is 0 Å². The summed E-state index contributed by atoms with van der Waals surface area (Å²) in [5.74, 6) is -0.281. The van der Waals surface area contributed by atoms with E-state index in [4.69, 9.17) is 23.2 Å². The molecular weight excluding hydrogens is 364 g/mol. The van der Waals surface area contributed by atoms with Crippen molar-refractivity contribution in [2.45, 2.75) is 13.0 Å². The summed E-state index contributed by atoms with van der Waals surface area (Å²) in [7, 11) is 0. The van der Waals surface area contributed by atoms with Gasteiger partial charge < -0.3 is 5.32 Å². The van der Waals surface area contributed by atoms with Crippen molar-refractivity contribution < 1.29 is 4.39 Å². The fourth-order valence-electron chi connectivity index (χ4n) is 2.09. The van der Waals surface area contributed by atoms with Crippen molar-refractivity contribution >= 4 is 39.1 Å². The van der Waals surface area contributed by atoms with Gasteiger partial charge in [0.25, 0.3) is 0 Å². The first kappa shape index (κ1) is 15.8. The first-order valence-electron chi connectivity index (χ1n) is 6.16. The Morgan fingerprint density at radius 2 is 2.00 bits per heavy atom. The molecular formula is C15H13BrCl2FN. The smallest absolute Gasteiger partial charge is 0.129 e. The molecule has 1 unspecified atom stereocenters. The molecule has 0 aliphatic heterocycles. The summed E-state index contributed by atoms with van der Waals surface area (Å²) in [6, 6.07) is 9.81. The SMILES string of the molecule is CCNC(c1ccc(Cl)cc1Cl)c1c(F)cccc1Br. The van der Waals surface area contributed by atoms with Crippen molar-refractivity contribution in [3.8, 4) is 0 Å². The van der Waals surface area contributed by atoms with Crippen LogP contribution < -0.4 is 5.32 Å². The van der Waals surface area contributed by atoms with Gasteiger partial charge in [-0.3, -0.25) is 0 Å². The Labute approximate surface area is 136 Å². The van der Waals surface area contributed by atoms with Gasteiger partial charge in [-0.1, -0.05) is 58.2 Å². The zero-order valence-corrected chi connectivity index (χ0v) is 13.9. The van der Waals surface area contributed by atoms with E-state index in [0.29, 0.717) is 26.6 Å². The van der Waals surface area contributed by atoms with E-state index in [-0.39, 0.29) is 11.9 Å². The van der Waals surface area contributed by atoms with E-state index in [1.165, 1.54) is 6.07 Å². The molecule has 1 nitrogen and oxygen atoms in total. The Hall–Kier alpha value is -0.610. The molecule has 0 radical (unpaired) electrons. The normalized spacial score (nSPS) is 12.4. The molecule has 0 bridgehead atoms. The van der Waals surface area contributed by atoms with Crippen molar-refractivity contribution in [2.75, 3.05) is 6.54 Å². The molecule has 106 valence electrons. The van der Waals surface area contributed by atoms with E-state index in [2.05, 4.69) is 21.2 Å². The summed E-state index contributed by atoms with van der Waals surface area (Å²) >= 11 is 15.6. The topological polar surface area (TPSA) is 12.0 Å². The van der Waals surface area contributed by atoms with Gasteiger partial charge in [0.1, 0.15) is 5.82 Å². The van der Waals surface area contributed by atoms with Gasteiger partial charge in [-0.15, -0.1) is 0 Å². The monoisotopic (exact) mass is 375 g/mol. The summed E-state index contributed by atoms with van der Waals surface area (Å²) in [5.41, 5.74) is 1.34. The Balaban J connectivity index is 2.56. The molecule has 0 heterocycles. The van der Waals surface area contributed by atoms with Gasteiger partial charge in [0.2, 0.25) is 0 Å². The van der Waals surface area contributed by atoms with E-state index in [0.717, 1.165) is 5.56 Å². The zero-order chi connectivity index (χ0) is 14.7. The average Bonchev–Trinajstić information content (AvgIpc) is 2.38. The van der Waals surface area contributed by atoms with Gasteiger partial charge in [0.05, 0.1) is 6.04 Å². The zero-order valence-electron chi connectivity index (χ0n) is 10.8. The molecule has 0 spiro atoms. The van der Waals surface area contributed by atoms with Crippen molar-refractivity contribution in [3.63, 3.8) is 0 Å². The quantitative estimate of drug-likeness (QED) is 0.732. The van der Waals surface area contributed by atoms with Gasteiger partial charge >= 0.3 is 0 Å². The minimum absolute atomic E-state index is 0.281. The van der Waals surface area contributed by atoms with E-state index >= 15 is 0 Å². The highest BCUT2D eigenvalue weighted by molar-refractivity contribution is 9.10. The molecule has 0 aromatic heterocycles. The van der Waals surface area contributed by atoms with Gasteiger partial charge in [0, 0.05) is 20.1 Å². The highest BCUT2D eigenvalue weighted by Crippen LogP contribution is 2.35. The van der Waals surface area contributed by atoms with Crippen LogP contribution in [0.1, 0.15) is 24.1 Å². The minimum atomic E-state index is -0.333. The third-order valence-corrected chi connectivity index (χ3v) is 4.22. The number of nitrogens with one attached hydrogen (secondary N) is 1. The molecule has 2 aromatic carbocycles. The van der Waals surface area contributed by atoms with Crippen molar-refractivity contribution in [1.82, 2.24) is 5.32 Å². The molecule has 0 saturated carbocycles. The van der Waals surface area contributed by atoms with Gasteiger partial charge in [-0.25, -0.2) is 4.39 Å². The second-order valence-corrected chi connectivity index (χ2v) is 5.99. The van der Waals surface area contributed by atoms with Crippen LogP contribution in [0.15, 0.2) is 40.9 Å².